The lowest BCUT2D eigenvalue weighted by molar-refractivity contribution is 0.0856. The summed E-state index contributed by atoms with van der Waals surface area (Å²) in [5.41, 5.74) is 2.85. The summed E-state index contributed by atoms with van der Waals surface area (Å²) >= 11 is 0. The van der Waals surface area contributed by atoms with Crippen LogP contribution in [0.2, 0.25) is 0 Å². The molecule has 0 unspecified atom stereocenters. The molecule has 0 aliphatic carbocycles. The molecule has 16 heavy (non-hydrogen) atoms. The van der Waals surface area contributed by atoms with Crippen molar-refractivity contribution in [3.63, 3.8) is 0 Å². The van der Waals surface area contributed by atoms with Crippen LogP contribution in [-0.4, -0.2) is 39.7 Å². The highest BCUT2D eigenvalue weighted by Crippen LogP contribution is 2.11. The lowest BCUT2D eigenvalue weighted by Gasteiger charge is -2.11. The van der Waals surface area contributed by atoms with Gasteiger partial charge in [0, 0.05) is 25.9 Å². The number of hydrogen-bond donors (Lipinski definition) is 1. The first-order valence-corrected chi connectivity index (χ1v) is 6.48. The minimum atomic E-state index is -3.28. The Hall–Kier alpha value is -1.40. The van der Waals surface area contributed by atoms with Crippen molar-refractivity contribution >= 4 is 15.7 Å². The number of sulfone groups is 1. The van der Waals surface area contributed by atoms with Gasteiger partial charge in [0.05, 0.1) is 4.90 Å². The topological polar surface area (TPSA) is 66.5 Å². The quantitative estimate of drug-likeness (QED) is 0.774. The second kappa shape index (κ2) is 4.63. The molecule has 0 spiro atoms. The van der Waals surface area contributed by atoms with E-state index >= 15 is 0 Å². The maximum absolute atomic E-state index is 11.6. The summed E-state index contributed by atoms with van der Waals surface area (Å²) in [7, 11) is 0.0769. The van der Waals surface area contributed by atoms with Gasteiger partial charge in [-0.25, -0.2) is 13.4 Å². The van der Waals surface area contributed by atoms with Crippen molar-refractivity contribution in [2.24, 2.45) is 0 Å². The molecule has 6 heteroatoms. The number of hydrazine groups is 1. The highest BCUT2D eigenvalue weighted by Gasteiger charge is 2.11. The second-order valence-electron chi connectivity index (χ2n) is 3.64. The van der Waals surface area contributed by atoms with E-state index in [4.69, 9.17) is 0 Å². The van der Waals surface area contributed by atoms with Gasteiger partial charge in [-0.3, -0.25) is 10.2 Å². The van der Waals surface area contributed by atoms with E-state index in [1.807, 2.05) is 0 Å². The first-order valence-electron chi connectivity index (χ1n) is 4.59. The summed E-state index contributed by atoms with van der Waals surface area (Å²) < 4.78 is 22.6. The Balaban J connectivity index is 3.04. The molecule has 0 saturated heterocycles. The van der Waals surface area contributed by atoms with Crippen molar-refractivity contribution in [1.82, 2.24) is 10.4 Å². The minimum absolute atomic E-state index is 0.138. The minimum Gasteiger partial charge on any atom is -0.285 e. The lowest BCUT2D eigenvalue weighted by Crippen LogP contribution is -2.36. The molecule has 0 aromatic heterocycles. The highest BCUT2D eigenvalue weighted by atomic mass is 32.2. The van der Waals surface area contributed by atoms with Crippen LogP contribution in [-0.2, 0) is 9.84 Å². The van der Waals surface area contributed by atoms with Gasteiger partial charge in [0.2, 0.25) is 0 Å². The fourth-order valence-electron chi connectivity index (χ4n) is 1.14. The second-order valence-corrected chi connectivity index (χ2v) is 5.65. The number of amides is 1. The number of benzene rings is 1. The maximum atomic E-state index is 11.6. The molecule has 0 atom stereocenters. The molecule has 0 bridgehead atoms. The largest absolute Gasteiger partial charge is 0.285 e. The maximum Gasteiger partial charge on any atom is 0.265 e. The van der Waals surface area contributed by atoms with E-state index in [0.29, 0.717) is 5.56 Å². The zero-order chi connectivity index (χ0) is 12.3. The molecule has 88 valence electrons. The summed E-state index contributed by atoms with van der Waals surface area (Å²) in [5.74, 6) is -0.337. The van der Waals surface area contributed by atoms with Crippen molar-refractivity contribution in [1.29, 1.82) is 0 Å². The summed E-state index contributed by atoms with van der Waals surface area (Å²) in [6, 6.07) is 5.92. The molecule has 1 amide bonds. The molecule has 1 aromatic rings. The van der Waals surface area contributed by atoms with E-state index in [2.05, 4.69) is 5.43 Å². The van der Waals surface area contributed by atoms with Crippen LogP contribution >= 0.6 is 0 Å². The molecule has 0 radical (unpaired) electrons. The molecular formula is C10H14N2O3S. The number of hydrogen-bond acceptors (Lipinski definition) is 4. The van der Waals surface area contributed by atoms with Crippen molar-refractivity contribution in [3.05, 3.63) is 29.8 Å². The number of carbonyl (C=O) groups excluding carboxylic acids is 1. The third kappa shape index (κ3) is 3.32. The van der Waals surface area contributed by atoms with Crippen LogP contribution in [0, 0.1) is 0 Å². The van der Waals surface area contributed by atoms with Gasteiger partial charge >= 0.3 is 0 Å². The summed E-state index contributed by atoms with van der Waals surface area (Å²) in [6.45, 7) is 0. The molecule has 1 aromatic carbocycles. The molecule has 1 N–H and O–H groups in total. The number of carbonyl (C=O) groups is 1. The Morgan fingerprint density at radius 1 is 1.31 bits per heavy atom. The third-order valence-corrected chi connectivity index (χ3v) is 2.96. The summed E-state index contributed by atoms with van der Waals surface area (Å²) in [6.07, 6.45) is 1.11. The van der Waals surface area contributed by atoms with Crippen LogP contribution in [0.5, 0.6) is 0 Å². The van der Waals surface area contributed by atoms with Gasteiger partial charge in [-0.15, -0.1) is 0 Å². The number of nitrogens with zero attached hydrogens (tertiary/aromatic N) is 1. The van der Waals surface area contributed by atoms with Crippen molar-refractivity contribution in [2.75, 3.05) is 20.4 Å². The Labute approximate surface area is 95.0 Å². The van der Waals surface area contributed by atoms with Crippen LogP contribution < -0.4 is 5.43 Å². The van der Waals surface area contributed by atoms with Crippen LogP contribution in [0.4, 0.5) is 0 Å². The number of rotatable bonds is 3. The molecule has 0 aliphatic rings. The fourth-order valence-corrected chi connectivity index (χ4v) is 1.80. The van der Waals surface area contributed by atoms with Crippen LogP contribution in [0.15, 0.2) is 29.2 Å². The van der Waals surface area contributed by atoms with E-state index in [0.717, 1.165) is 6.26 Å². The van der Waals surface area contributed by atoms with Crippen molar-refractivity contribution < 1.29 is 13.2 Å². The Morgan fingerprint density at radius 2 is 1.94 bits per heavy atom. The van der Waals surface area contributed by atoms with Gasteiger partial charge in [0.1, 0.15) is 0 Å². The molecule has 0 fully saturated rings. The van der Waals surface area contributed by atoms with Crippen molar-refractivity contribution in [3.8, 4) is 0 Å². The van der Waals surface area contributed by atoms with Crippen LogP contribution in [0.25, 0.3) is 0 Å². The van der Waals surface area contributed by atoms with Crippen LogP contribution in [0.1, 0.15) is 10.4 Å². The predicted molar refractivity (Wildman–Crippen MR) is 60.7 cm³/mol. The normalized spacial score (nSPS) is 11.5. The predicted octanol–water partition coefficient (Wildman–Crippen LogP) is 0.296. The fraction of sp³-hybridized carbons (Fsp3) is 0.300. The SMILES string of the molecule is CN(C)NC(=O)c1cccc(S(C)(=O)=O)c1. The average molecular weight is 242 g/mol. The van der Waals surface area contributed by atoms with Gasteiger partial charge in [-0.2, -0.15) is 0 Å². The van der Waals surface area contributed by atoms with E-state index < -0.39 is 9.84 Å². The van der Waals surface area contributed by atoms with Gasteiger partial charge < -0.3 is 0 Å². The first-order chi connectivity index (χ1) is 7.30. The van der Waals surface area contributed by atoms with Gasteiger partial charge in [0.25, 0.3) is 5.91 Å². The average Bonchev–Trinajstić information content (AvgIpc) is 2.15. The van der Waals surface area contributed by atoms with E-state index in [-0.39, 0.29) is 10.8 Å². The van der Waals surface area contributed by atoms with E-state index in [9.17, 15) is 13.2 Å². The van der Waals surface area contributed by atoms with Gasteiger partial charge in [-0.05, 0) is 18.2 Å². The standard InChI is InChI=1S/C10H14N2O3S/c1-12(2)11-10(13)8-5-4-6-9(7-8)16(3,14)15/h4-7H,1-3H3,(H,11,13). The van der Waals surface area contributed by atoms with E-state index in [1.54, 1.807) is 26.2 Å². The zero-order valence-corrected chi connectivity index (χ0v) is 10.2. The molecule has 0 saturated carbocycles. The Bertz CT molecular complexity index is 495. The van der Waals surface area contributed by atoms with Gasteiger partial charge in [-0.1, -0.05) is 6.07 Å². The monoisotopic (exact) mass is 242 g/mol. The lowest BCUT2D eigenvalue weighted by atomic mass is 10.2. The van der Waals surface area contributed by atoms with Crippen molar-refractivity contribution in [2.45, 2.75) is 4.90 Å². The zero-order valence-electron chi connectivity index (χ0n) is 9.39. The smallest absolute Gasteiger partial charge is 0.265 e. The number of nitrogens with one attached hydrogen (secondary N) is 1. The third-order valence-electron chi connectivity index (χ3n) is 1.85. The Kier molecular flexibility index (Phi) is 3.66. The molecular weight excluding hydrogens is 228 g/mol. The van der Waals surface area contributed by atoms with Gasteiger partial charge in [0.15, 0.2) is 9.84 Å². The summed E-state index contributed by atoms with van der Waals surface area (Å²) in [4.78, 5) is 11.7. The Morgan fingerprint density at radius 3 is 2.44 bits per heavy atom. The molecule has 0 heterocycles. The highest BCUT2D eigenvalue weighted by molar-refractivity contribution is 7.90. The summed E-state index contributed by atoms with van der Waals surface area (Å²) in [5, 5.41) is 1.50. The van der Waals surface area contributed by atoms with Crippen LogP contribution in [0.3, 0.4) is 0 Å². The molecule has 0 aliphatic heterocycles. The first kappa shape index (κ1) is 12.7. The molecule has 5 nitrogen and oxygen atoms in total. The van der Waals surface area contributed by atoms with E-state index in [1.165, 1.54) is 17.1 Å². The molecule has 1 rings (SSSR count).